The SMILES string of the molecule is C[C@H](NC(=O)c1cn2c(c(O)c1=O)C(=O)N1[C@@H]3CC[C@@H](C3)O[C@H]1C2)c1ccc(F)cc1F. The van der Waals surface area contributed by atoms with Gasteiger partial charge >= 0.3 is 0 Å². The van der Waals surface area contributed by atoms with Crippen molar-refractivity contribution >= 4 is 11.8 Å². The van der Waals surface area contributed by atoms with Gasteiger partial charge in [0, 0.05) is 23.9 Å². The molecule has 2 amide bonds. The topological polar surface area (TPSA) is 101 Å². The Morgan fingerprint density at radius 3 is 2.81 bits per heavy atom. The lowest BCUT2D eigenvalue weighted by atomic mass is 10.1. The molecule has 2 fully saturated rings. The van der Waals surface area contributed by atoms with Gasteiger partial charge in [-0.2, -0.15) is 0 Å². The molecule has 4 atom stereocenters. The molecule has 2 aliphatic heterocycles. The average Bonchev–Trinajstić information content (AvgIpc) is 3.11. The fourth-order valence-corrected chi connectivity index (χ4v) is 4.92. The minimum atomic E-state index is -0.991. The molecule has 1 aliphatic carbocycles. The molecular formula is C22H21F2N3O5. The van der Waals surface area contributed by atoms with Gasteiger partial charge < -0.3 is 24.6 Å². The zero-order valence-electron chi connectivity index (χ0n) is 17.2. The van der Waals surface area contributed by atoms with Crippen molar-refractivity contribution in [2.24, 2.45) is 0 Å². The van der Waals surface area contributed by atoms with Gasteiger partial charge in [-0.1, -0.05) is 6.07 Å². The number of rotatable bonds is 3. The summed E-state index contributed by atoms with van der Waals surface area (Å²) < 4.78 is 34.5. The predicted molar refractivity (Wildman–Crippen MR) is 107 cm³/mol. The third-order valence-electron chi connectivity index (χ3n) is 6.48. The van der Waals surface area contributed by atoms with E-state index in [0.717, 1.165) is 25.3 Å². The fraction of sp³-hybridized carbons (Fsp3) is 0.409. The Morgan fingerprint density at radius 1 is 1.28 bits per heavy atom. The number of amides is 2. The highest BCUT2D eigenvalue weighted by Crippen LogP contribution is 2.38. The van der Waals surface area contributed by atoms with Crippen molar-refractivity contribution in [3.05, 3.63) is 63.1 Å². The molecule has 32 heavy (non-hydrogen) atoms. The highest BCUT2D eigenvalue weighted by molar-refractivity contribution is 5.99. The van der Waals surface area contributed by atoms with E-state index in [1.807, 2.05) is 0 Å². The van der Waals surface area contributed by atoms with E-state index in [9.17, 15) is 28.3 Å². The predicted octanol–water partition coefficient (Wildman–Crippen LogP) is 2.06. The van der Waals surface area contributed by atoms with Crippen LogP contribution in [-0.4, -0.2) is 44.8 Å². The van der Waals surface area contributed by atoms with Crippen LogP contribution in [0.15, 0.2) is 29.2 Å². The van der Waals surface area contributed by atoms with Crippen molar-refractivity contribution in [3.63, 3.8) is 0 Å². The zero-order valence-corrected chi connectivity index (χ0v) is 17.2. The number of hydrogen-bond acceptors (Lipinski definition) is 5. The Labute approximate surface area is 181 Å². The number of hydrogen-bond donors (Lipinski definition) is 2. The first-order chi connectivity index (χ1) is 15.2. The second-order valence-electron chi connectivity index (χ2n) is 8.47. The summed E-state index contributed by atoms with van der Waals surface area (Å²) in [5, 5.41) is 13.0. The molecule has 5 rings (SSSR count). The molecular weight excluding hydrogens is 424 g/mol. The summed E-state index contributed by atoms with van der Waals surface area (Å²) in [6.07, 6.45) is 3.12. The Balaban J connectivity index is 1.46. The van der Waals surface area contributed by atoms with Crippen molar-refractivity contribution in [1.29, 1.82) is 0 Å². The van der Waals surface area contributed by atoms with Crippen molar-refractivity contribution in [1.82, 2.24) is 14.8 Å². The fourth-order valence-electron chi connectivity index (χ4n) is 4.92. The standard InChI is InChI=1S/C22H21F2N3O5/c1-10(14-5-2-11(23)6-16(14)24)25-21(30)15-8-26-9-17-27(12-3-4-13(7-12)32-17)22(31)18(26)20(29)19(15)28/h2,5-6,8,10,12-13,17,29H,3-4,7,9H2,1H3,(H,25,30)/t10-,12+,13-,17-/m0/s1. The Kier molecular flexibility index (Phi) is 4.77. The number of nitrogens with one attached hydrogen (secondary N) is 1. The van der Waals surface area contributed by atoms with E-state index in [0.29, 0.717) is 6.07 Å². The minimum Gasteiger partial charge on any atom is -0.503 e. The molecule has 2 bridgehead atoms. The number of carbonyl (C=O) groups excluding carboxylic acids is 2. The largest absolute Gasteiger partial charge is 0.503 e. The second-order valence-corrected chi connectivity index (χ2v) is 8.47. The number of aromatic nitrogens is 1. The summed E-state index contributed by atoms with van der Waals surface area (Å²) in [6.45, 7) is 1.65. The minimum absolute atomic E-state index is 0.00364. The Hall–Kier alpha value is -3.27. The van der Waals surface area contributed by atoms with E-state index in [4.69, 9.17) is 4.74 Å². The van der Waals surface area contributed by atoms with Crippen molar-refractivity contribution in [2.75, 3.05) is 0 Å². The number of pyridine rings is 1. The molecule has 3 heterocycles. The molecule has 10 heteroatoms. The maximum atomic E-state index is 14.0. The van der Waals surface area contributed by atoms with Crippen LogP contribution in [0, 0.1) is 11.6 Å². The summed E-state index contributed by atoms with van der Waals surface area (Å²) in [5.74, 6) is -3.75. The molecule has 2 aromatic rings. The molecule has 0 spiro atoms. The van der Waals surface area contributed by atoms with E-state index in [-0.39, 0.29) is 35.5 Å². The molecule has 1 saturated heterocycles. The van der Waals surface area contributed by atoms with Crippen LogP contribution in [-0.2, 0) is 11.3 Å². The summed E-state index contributed by atoms with van der Waals surface area (Å²) in [5.41, 5.74) is -1.51. The van der Waals surface area contributed by atoms with Crippen molar-refractivity contribution in [2.45, 2.75) is 57.1 Å². The van der Waals surface area contributed by atoms with Crippen molar-refractivity contribution in [3.8, 4) is 5.75 Å². The summed E-state index contributed by atoms with van der Waals surface area (Å²) >= 11 is 0. The molecule has 168 valence electrons. The normalized spacial score (nSPS) is 24.7. The van der Waals surface area contributed by atoms with Gasteiger partial charge in [-0.15, -0.1) is 0 Å². The molecule has 0 radical (unpaired) electrons. The van der Waals surface area contributed by atoms with E-state index < -0.39 is 46.9 Å². The number of halogens is 2. The van der Waals surface area contributed by atoms with Gasteiger partial charge in [0.2, 0.25) is 5.43 Å². The highest BCUT2D eigenvalue weighted by atomic mass is 19.1. The highest BCUT2D eigenvalue weighted by Gasteiger charge is 2.47. The number of fused-ring (bicyclic) bond motifs is 5. The van der Waals surface area contributed by atoms with Gasteiger partial charge in [-0.25, -0.2) is 8.78 Å². The van der Waals surface area contributed by atoms with E-state index in [1.54, 1.807) is 4.90 Å². The smallest absolute Gasteiger partial charge is 0.276 e. The number of nitrogens with zero attached hydrogens (tertiary/aromatic N) is 2. The van der Waals surface area contributed by atoms with E-state index >= 15 is 0 Å². The van der Waals surface area contributed by atoms with Crippen LogP contribution >= 0.6 is 0 Å². The number of ether oxygens (including phenoxy) is 1. The zero-order chi connectivity index (χ0) is 22.7. The summed E-state index contributed by atoms with van der Waals surface area (Å²) in [7, 11) is 0. The summed E-state index contributed by atoms with van der Waals surface area (Å²) in [4.78, 5) is 40.2. The molecule has 1 aromatic heterocycles. The molecule has 2 N–H and O–H groups in total. The first kappa shape index (κ1) is 20.6. The van der Waals surface area contributed by atoms with Gasteiger partial charge in [0.05, 0.1) is 18.7 Å². The van der Waals surface area contributed by atoms with Gasteiger partial charge in [0.15, 0.2) is 17.7 Å². The average molecular weight is 445 g/mol. The van der Waals surface area contributed by atoms with Crippen LogP contribution in [0.2, 0.25) is 0 Å². The molecule has 8 nitrogen and oxygen atoms in total. The maximum absolute atomic E-state index is 14.0. The van der Waals surface area contributed by atoms with Crippen molar-refractivity contribution < 1.29 is 28.2 Å². The van der Waals surface area contributed by atoms with Crippen LogP contribution in [0.3, 0.4) is 0 Å². The summed E-state index contributed by atoms with van der Waals surface area (Å²) in [6, 6.07) is 2.10. The first-order valence-corrected chi connectivity index (χ1v) is 10.4. The second kappa shape index (κ2) is 7.40. The van der Waals surface area contributed by atoms with Crippen LogP contribution in [0.1, 0.15) is 58.6 Å². The number of aromatic hydroxyl groups is 1. The van der Waals surface area contributed by atoms with E-state index in [1.165, 1.54) is 23.8 Å². The molecule has 3 aliphatic rings. The van der Waals surface area contributed by atoms with Gasteiger partial charge in [-0.05, 0) is 32.3 Å². The lowest BCUT2D eigenvalue weighted by Gasteiger charge is -2.44. The maximum Gasteiger partial charge on any atom is 0.276 e. The Morgan fingerprint density at radius 2 is 2.06 bits per heavy atom. The van der Waals surface area contributed by atoms with Crippen LogP contribution < -0.4 is 10.7 Å². The molecule has 1 aromatic carbocycles. The van der Waals surface area contributed by atoms with Gasteiger partial charge in [0.25, 0.3) is 11.8 Å². The molecule has 1 saturated carbocycles. The lowest BCUT2D eigenvalue weighted by molar-refractivity contribution is -0.132. The lowest BCUT2D eigenvalue weighted by Crippen LogP contribution is -2.57. The number of carbonyl (C=O) groups is 2. The van der Waals surface area contributed by atoms with E-state index in [2.05, 4.69) is 5.32 Å². The molecule has 0 unspecified atom stereocenters. The number of benzene rings is 1. The van der Waals surface area contributed by atoms with Gasteiger partial charge in [0.1, 0.15) is 17.2 Å². The third kappa shape index (κ3) is 3.17. The van der Waals surface area contributed by atoms with Gasteiger partial charge in [-0.3, -0.25) is 14.4 Å². The van der Waals surface area contributed by atoms with Crippen LogP contribution in [0.5, 0.6) is 5.75 Å². The Bertz CT molecular complexity index is 1200. The van der Waals surface area contributed by atoms with Crippen LogP contribution in [0.25, 0.3) is 0 Å². The quantitative estimate of drug-likeness (QED) is 0.753. The van der Waals surface area contributed by atoms with Crippen LogP contribution in [0.4, 0.5) is 8.78 Å². The third-order valence-corrected chi connectivity index (χ3v) is 6.48. The first-order valence-electron chi connectivity index (χ1n) is 10.4. The monoisotopic (exact) mass is 445 g/mol.